The Bertz CT molecular complexity index is 157. The molecule has 2 atom stereocenters. The van der Waals surface area contributed by atoms with E-state index in [4.69, 9.17) is 18.0 Å². The van der Waals surface area contributed by atoms with Crippen molar-refractivity contribution in [1.82, 2.24) is 4.90 Å². The lowest BCUT2D eigenvalue weighted by Crippen LogP contribution is -2.35. The van der Waals surface area contributed by atoms with E-state index >= 15 is 0 Å². The number of hydrogen-bond acceptors (Lipinski definition) is 1. The molecule has 0 radical (unpaired) electrons. The normalized spacial score (nSPS) is 38.4. The molecule has 2 rings (SSSR count). The maximum absolute atomic E-state index is 5.47. The van der Waals surface area contributed by atoms with Crippen LogP contribution in [0.4, 0.5) is 0 Å². The summed E-state index contributed by atoms with van der Waals surface area (Å²) in [4.78, 5) is 2.15. The van der Waals surface area contributed by atoms with E-state index in [0.717, 1.165) is 18.5 Å². The van der Waals surface area contributed by atoms with E-state index in [1.807, 2.05) is 0 Å². The molecule has 2 unspecified atom stereocenters. The lowest BCUT2D eigenvalue weighted by molar-refractivity contribution is 0.465. The Morgan fingerprint density at radius 2 is 2.44 bits per heavy atom. The van der Waals surface area contributed by atoms with E-state index in [2.05, 4.69) is 4.90 Å². The van der Waals surface area contributed by atoms with Gasteiger partial charge < -0.3 is 10.6 Å². The van der Waals surface area contributed by atoms with Crippen LogP contribution in [0.25, 0.3) is 0 Å². The maximum atomic E-state index is 5.47. The molecule has 1 aliphatic heterocycles. The molecule has 9 heavy (non-hydrogen) atoms. The Kier molecular flexibility index (Phi) is 0.970. The summed E-state index contributed by atoms with van der Waals surface area (Å²) in [6.07, 6.45) is 2.64. The summed E-state index contributed by atoms with van der Waals surface area (Å²) in [5, 5.41) is 0.597. The van der Waals surface area contributed by atoms with Gasteiger partial charge in [0.05, 0.1) is 0 Å². The highest BCUT2D eigenvalue weighted by atomic mass is 32.1. The number of rotatable bonds is 0. The van der Waals surface area contributed by atoms with Gasteiger partial charge in [-0.3, -0.25) is 0 Å². The summed E-state index contributed by atoms with van der Waals surface area (Å²) < 4.78 is 0. The predicted molar refractivity (Wildman–Crippen MR) is 40.0 cm³/mol. The number of nitrogens with zero attached hydrogens (tertiary/aromatic N) is 1. The molecule has 0 aromatic carbocycles. The van der Waals surface area contributed by atoms with E-state index < -0.39 is 0 Å². The minimum Gasteiger partial charge on any atom is -0.376 e. The van der Waals surface area contributed by atoms with Crippen molar-refractivity contribution >= 4 is 17.3 Å². The van der Waals surface area contributed by atoms with Crippen molar-refractivity contribution in [2.24, 2.45) is 11.7 Å². The molecule has 1 saturated carbocycles. The zero-order chi connectivity index (χ0) is 6.43. The highest BCUT2D eigenvalue weighted by Crippen LogP contribution is 2.43. The number of likely N-dealkylation sites (tertiary alicyclic amines) is 1. The molecule has 2 nitrogen and oxygen atoms in total. The van der Waals surface area contributed by atoms with Gasteiger partial charge in [-0.1, -0.05) is 0 Å². The average molecular weight is 142 g/mol. The smallest absolute Gasteiger partial charge is 0.166 e. The molecule has 0 amide bonds. The fourth-order valence-electron chi connectivity index (χ4n) is 1.67. The molecule has 0 aromatic heterocycles. The van der Waals surface area contributed by atoms with E-state index in [-0.39, 0.29) is 0 Å². The standard InChI is InChI=1S/C6H10N2S/c7-6(9)8-2-1-4-3-5(4)8/h4-5H,1-3H2,(H2,7,9). The summed E-state index contributed by atoms with van der Waals surface area (Å²) in [5.74, 6) is 0.937. The Morgan fingerprint density at radius 1 is 1.67 bits per heavy atom. The molecule has 3 heteroatoms. The fraction of sp³-hybridized carbons (Fsp3) is 0.833. The molecule has 0 spiro atoms. The summed E-state index contributed by atoms with van der Waals surface area (Å²) in [6.45, 7) is 1.10. The van der Waals surface area contributed by atoms with Crippen molar-refractivity contribution in [3.63, 3.8) is 0 Å². The van der Waals surface area contributed by atoms with Crippen LogP contribution in [0.3, 0.4) is 0 Å². The van der Waals surface area contributed by atoms with E-state index in [1.165, 1.54) is 12.8 Å². The van der Waals surface area contributed by atoms with Crippen LogP contribution in [0.15, 0.2) is 0 Å². The third kappa shape index (κ3) is 0.713. The van der Waals surface area contributed by atoms with Crippen LogP contribution in [-0.4, -0.2) is 22.6 Å². The van der Waals surface area contributed by atoms with Crippen LogP contribution >= 0.6 is 12.2 Å². The summed E-state index contributed by atoms with van der Waals surface area (Å²) in [7, 11) is 0. The highest BCUT2D eigenvalue weighted by Gasteiger charge is 2.47. The van der Waals surface area contributed by atoms with Crippen molar-refractivity contribution in [2.75, 3.05) is 6.54 Å². The first kappa shape index (κ1) is 5.47. The number of hydrogen-bond donors (Lipinski definition) is 1. The Morgan fingerprint density at radius 3 is 2.67 bits per heavy atom. The van der Waals surface area contributed by atoms with Gasteiger partial charge in [-0.15, -0.1) is 0 Å². The molecular weight excluding hydrogens is 132 g/mol. The van der Waals surface area contributed by atoms with Gasteiger partial charge in [0.2, 0.25) is 0 Å². The first-order valence-corrected chi connectivity index (χ1v) is 3.76. The zero-order valence-electron chi connectivity index (χ0n) is 5.21. The molecule has 1 heterocycles. The number of fused-ring (bicyclic) bond motifs is 1. The molecule has 1 saturated heterocycles. The Balaban J connectivity index is 2.06. The lowest BCUT2D eigenvalue weighted by atomic mass is 10.3. The third-order valence-electron chi connectivity index (χ3n) is 2.31. The van der Waals surface area contributed by atoms with Crippen LogP contribution in [0, 0.1) is 5.92 Å². The van der Waals surface area contributed by atoms with E-state index in [0.29, 0.717) is 5.11 Å². The highest BCUT2D eigenvalue weighted by molar-refractivity contribution is 7.80. The molecule has 2 fully saturated rings. The van der Waals surface area contributed by atoms with E-state index in [9.17, 15) is 0 Å². The summed E-state index contributed by atoms with van der Waals surface area (Å²) in [6, 6.07) is 0.738. The van der Waals surface area contributed by atoms with Crippen LogP contribution in [-0.2, 0) is 0 Å². The third-order valence-corrected chi connectivity index (χ3v) is 2.54. The largest absolute Gasteiger partial charge is 0.376 e. The molecule has 2 N–H and O–H groups in total. The Labute approximate surface area is 60.0 Å². The summed E-state index contributed by atoms with van der Waals surface area (Å²) in [5.41, 5.74) is 5.47. The minimum absolute atomic E-state index is 0.597. The zero-order valence-corrected chi connectivity index (χ0v) is 6.03. The molecule has 2 aliphatic rings. The second kappa shape index (κ2) is 1.59. The van der Waals surface area contributed by atoms with Gasteiger partial charge in [-0.05, 0) is 31.0 Å². The van der Waals surface area contributed by atoms with Crippen molar-refractivity contribution in [3.05, 3.63) is 0 Å². The minimum atomic E-state index is 0.597. The number of nitrogens with two attached hydrogens (primary N) is 1. The fourth-order valence-corrected chi connectivity index (χ4v) is 1.89. The lowest BCUT2D eigenvalue weighted by Gasteiger charge is -2.16. The van der Waals surface area contributed by atoms with Crippen LogP contribution in [0.5, 0.6) is 0 Å². The van der Waals surface area contributed by atoms with Crippen LogP contribution in [0.2, 0.25) is 0 Å². The number of thiocarbonyl (C=S) groups is 1. The van der Waals surface area contributed by atoms with Crippen molar-refractivity contribution in [2.45, 2.75) is 18.9 Å². The number of piperidine rings is 1. The van der Waals surface area contributed by atoms with Gasteiger partial charge in [-0.25, -0.2) is 0 Å². The van der Waals surface area contributed by atoms with Crippen molar-refractivity contribution < 1.29 is 0 Å². The van der Waals surface area contributed by atoms with E-state index in [1.54, 1.807) is 0 Å². The topological polar surface area (TPSA) is 29.3 Å². The summed E-state index contributed by atoms with van der Waals surface area (Å²) >= 11 is 4.86. The maximum Gasteiger partial charge on any atom is 0.166 e. The monoisotopic (exact) mass is 142 g/mol. The average Bonchev–Trinajstić information content (AvgIpc) is 2.43. The molecule has 0 bridgehead atoms. The van der Waals surface area contributed by atoms with Gasteiger partial charge in [0, 0.05) is 12.6 Å². The van der Waals surface area contributed by atoms with Crippen LogP contribution in [0.1, 0.15) is 12.8 Å². The quantitative estimate of drug-likeness (QED) is 0.494. The van der Waals surface area contributed by atoms with Gasteiger partial charge in [0.1, 0.15) is 0 Å². The van der Waals surface area contributed by atoms with Crippen molar-refractivity contribution in [1.29, 1.82) is 0 Å². The molecule has 0 aromatic rings. The van der Waals surface area contributed by atoms with Crippen LogP contribution < -0.4 is 5.73 Å². The molecular formula is C6H10N2S. The van der Waals surface area contributed by atoms with Gasteiger partial charge in [0.25, 0.3) is 0 Å². The van der Waals surface area contributed by atoms with Gasteiger partial charge in [-0.2, -0.15) is 0 Å². The molecule has 50 valence electrons. The molecule has 1 aliphatic carbocycles. The van der Waals surface area contributed by atoms with Gasteiger partial charge >= 0.3 is 0 Å². The first-order chi connectivity index (χ1) is 4.29. The first-order valence-electron chi connectivity index (χ1n) is 3.35. The SMILES string of the molecule is NC(=S)N1CCC2CC21. The Hall–Kier alpha value is -0.310. The second-order valence-electron chi connectivity index (χ2n) is 2.88. The predicted octanol–water partition coefficient (Wildman–Crippen LogP) is 0.324. The van der Waals surface area contributed by atoms with Gasteiger partial charge in [0.15, 0.2) is 5.11 Å². The second-order valence-corrected chi connectivity index (χ2v) is 3.30. The van der Waals surface area contributed by atoms with Crippen molar-refractivity contribution in [3.8, 4) is 0 Å².